The highest BCUT2D eigenvalue weighted by atomic mass is 16.8. The van der Waals surface area contributed by atoms with E-state index in [1.807, 2.05) is 54.6 Å². The van der Waals surface area contributed by atoms with Crippen LogP contribution < -0.4 is 4.74 Å². The topological polar surface area (TPSA) is 44.8 Å². The van der Waals surface area contributed by atoms with Gasteiger partial charge in [0.05, 0.1) is 0 Å². The van der Waals surface area contributed by atoms with Gasteiger partial charge in [-0.15, -0.1) is 0 Å². The second-order valence-electron chi connectivity index (χ2n) is 5.66. The van der Waals surface area contributed by atoms with Gasteiger partial charge < -0.3 is 14.2 Å². The van der Waals surface area contributed by atoms with Crippen LogP contribution in [0.15, 0.2) is 54.6 Å². The van der Waals surface area contributed by atoms with E-state index in [0.717, 1.165) is 16.9 Å². The molecule has 4 nitrogen and oxygen atoms in total. The van der Waals surface area contributed by atoms with Crippen molar-refractivity contribution >= 4 is 5.97 Å². The van der Waals surface area contributed by atoms with Crippen LogP contribution >= 0.6 is 0 Å². The highest BCUT2D eigenvalue weighted by Gasteiger charge is 2.41. The quantitative estimate of drug-likeness (QED) is 0.809. The Hall–Kier alpha value is -2.33. The summed E-state index contributed by atoms with van der Waals surface area (Å²) < 4.78 is 16.5. The molecule has 2 aromatic carbocycles. The Balaban J connectivity index is 1.65. The zero-order valence-corrected chi connectivity index (χ0v) is 12.6. The van der Waals surface area contributed by atoms with Crippen molar-refractivity contribution in [3.05, 3.63) is 65.7 Å². The minimum Gasteiger partial charge on any atom is -0.489 e. The van der Waals surface area contributed by atoms with E-state index in [0.29, 0.717) is 6.61 Å². The number of carbonyl (C=O) groups excluding carboxylic acids is 1. The summed E-state index contributed by atoms with van der Waals surface area (Å²) >= 11 is 0. The normalized spacial score (nSPS) is 19.7. The van der Waals surface area contributed by atoms with Gasteiger partial charge in [0.1, 0.15) is 12.4 Å². The van der Waals surface area contributed by atoms with Crippen molar-refractivity contribution in [3.8, 4) is 5.75 Å². The largest absolute Gasteiger partial charge is 0.489 e. The van der Waals surface area contributed by atoms with Gasteiger partial charge in [-0.2, -0.15) is 0 Å². The Morgan fingerprint density at radius 1 is 1.05 bits per heavy atom. The second-order valence-corrected chi connectivity index (χ2v) is 5.66. The molecule has 22 heavy (non-hydrogen) atoms. The van der Waals surface area contributed by atoms with E-state index in [4.69, 9.17) is 14.2 Å². The number of hydrogen-bond donors (Lipinski definition) is 0. The van der Waals surface area contributed by atoms with Gasteiger partial charge in [-0.05, 0) is 23.3 Å². The Bertz CT molecular complexity index is 647. The van der Waals surface area contributed by atoms with Crippen LogP contribution in [0.3, 0.4) is 0 Å². The number of rotatable bonds is 4. The molecule has 4 heteroatoms. The van der Waals surface area contributed by atoms with Crippen LogP contribution in [0, 0.1) is 0 Å². The Morgan fingerprint density at radius 3 is 2.32 bits per heavy atom. The van der Waals surface area contributed by atoms with E-state index in [1.165, 1.54) is 0 Å². The third kappa shape index (κ3) is 3.28. The summed E-state index contributed by atoms with van der Waals surface area (Å²) in [6, 6.07) is 17.3. The van der Waals surface area contributed by atoms with E-state index in [2.05, 4.69) is 0 Å². The van der Waals surface area contributed by atoms with Crippen LogP contribution in [0.2, 0.25) is 0 Å². The van der Waals surface area contributed by atoms with Gasteiger partial charge in [0.15, 0.2) is 6.10 Å². The van der Waals surface area contributed by atoms with E-state index in [-0.39, 0.29) is 5.97 Å². The molecule has 0 radical (unpaired) electrons. The van der Waals surface area contributed by atoms with Crippen molar-refractivity contribution in [1.29, 1.82) is 0 Å². The number of ether oxygens (including phenoxy) is 3. The molecule has 0 spiro atoms. The van der Waals surface area contributed by atoms with Gasteiger partial charge in [-0.1, -0.05) is 42.5 Å². The van der Waals surface area contributed by atoms with Crippen LogP contribution in [-0.4, -0.2) is 11.8 Å². The molecule has 0 amide bonds. The summed E-state index contributed by atoms with van der Waals surface area (Å²) in [5, 5.41) is 0. The molecule has 1 aliphatic rings. The fourth-order valence-corrected chi connectivity index (χ4v) is 2.34. The molecule has 1 atom stereocenters. The molecule has 1 aliphatic heterocycles. The molecular formula is C18H18O4. The zero-order chi connectivity index (χ0) is 15.6. The molecular weight excluding hydrogens is 280 g/mol. The van der Waals surface area contributed by atoms with E-state index in [9.17, 15) is 4.79 Å². The molecule has 0 aromatic heterocycles. The van der Waals surface area contributed by atoms with E-state index in [1.54, 1.807) is 13.8 Å². The van der Waals surface area contributed by atoms with Gasteiger partial charge >= 0.3 is 5.97 Å². The number of benzene rings is 2. The lowest BCUT2D eigenvalue weighted by Gasteiger charge is -2.15. The van der Waals surface area contributed by atoms with Gasteiger partial charge in [0.25, 0.3) is 0 Å². The summed E-state index contributed by atoms with van der Waals surface area (Å²) in [4.78, 5) is 11.8. The number of hydrogen-bond acceptors (Lipinski definition) is 4. The first-order chi connectivity index (χ1) is 10.5. The third-order valence-corrected chi connectivity index (χ3v) is 3.39. The van der Waals surface area contributed by atoms with Crippen LogP contribution in [0.1, 0.15) is 31.1 Å². The fraction of sp³-hybridized carbons (Fsp3) is 0.278. The molecule has 1 unspecified atom stereocenters. The van der Waals surface area contributed by atoms with Crippen molar-refractivity contribution in [3.63, 3.8) is 0 Å². The van der Waals surface area contributed by atoms with Crippen molar-refractivity contribution in [2.75, 3.05) is 0 Å². The first-order valence-corrected chi connectivity index (χ1v) is 7.21. The SMILES string of the molecule is CC1(C)OC(=O)C(c2ccc(OCc3ccccc3)cc2)O1. The highest BCUT2D eigenvalue weighted by molar-refractivity contribution is 5.78. The van der Waals surface area contributed by atoms with Crippen LogP contribution in [0.5, 0.6) is 5.75 Å². The van der Waals surface area contributed by atoms with Crippen LogP contribution in [-0.2, 0) is 20.9 Å². The number of cyclic esters (lactones) is 1. The smallest absolute Gasteiger partial charge is 0.342 e. The predicted molar refractivity (Wildman–Crippen MR) is 81.2 cm³/mol. The predicted octanol–water partition coefficient (Wildman–Crippen LogP) is 3.62. The molecule has 1 fully saturated rings. The molecule has 0 N–H and O–H groups in total. The number of carbonyl (C=O) groups is 1. The fourth-order valence-electron chi connectivity index (χ4n) is 2.34. The second kappa shape index (κ2) is 5.81. The van der Waals surface area contributed by atoms with Crippen molar-refractivity contribution in [1.82, 2.24) is 0 Å². The minimum atomic E-state index is -0.871. The van der Waals surface area contributed by atoms with Gasteiger partial charge in [-0.3, -0.25) is 0 Å². The first kappa shape index (κ1) is 14.6. The Morgan fingerprint density at radius 2 is 1.73 bits per heavy atom. The molecule has 114 valence electrons. The van der Waals surface area contributed by atoms with Crippen molar-refractivity contribution < 1.29 is 19.0 Å². The monoisotopic (exact) mass is 298 g/mol. The molecule has 0 bridgehead atoms. The minimum absolute atomic E-state index is 0.358. The van der Waals surface area contributed by atoms with Gasteiger partial charge in [0.2, 0.25) is 5.79 Å². The Labute approximate surface area is 129 Å². The lowest BCUT2D eigenvalue weighted by molar-refractivity contribution is -0.160. The van der Waals surface area contributed by atoms with Crippen molar-refractivity contribution in [2.45, 2.75) is 32.3 Å². The van der Waals surface area contributed by atoms with E-state index < -0.39 is 11.9 Å². The molecule has 3 rings (SSSR count). The third-order valence-electron chi connectivity index (χ3n) is 3.39. The standard InChI is InChI=1S/C18H18O4/c1-18(2)21-16(17(19)22-18)14-8-10-15(11-9-14)20-12-13-6-4-3-5-7-13/h3-11,16H,12H2,1-2H3. The molecule has 1 heterocycles. The van der Waals surface area contributed by atoms with Crippen LogP contribution in [0.4, 0.5) is 0 Å². The summed E-state index contributed by atoms with van der Waals surface area (Å²) in [7, 11) is 0. The maximum atomic E-state index is 11.8. The van der Waals surface area contributed by atoms with Gasteiger partial charge in [0, 0.05) is 13.8 Å². The lowest BCUT2D eigenvalue weighted by atomic mass is 10.1. The molecule has 2 aromatic rings. The lowest BCUT2D eigenvalue weighted by Crippen LogP contribution is -2.20. The van der Waals surface area contributed by atoms with Crippen LogP contribution in [0.25, 0.3) is 0 Å². The maximum absolute atomic E-state index is 11.8. The maximum Gasteiger partial charge on any atom is 0.342 e. The molecule has 1 saturated heterocycles. The van der Waals surface area contributed by atoms with E-state index >= 15 is 0 Å². The summed E-state index contributed by atoms with van der Waals surface area (Å²) in [5.74, 6) is -0.481. The highest BCUT2D eigenvalue weighted by Crippen LogP contribution is 2.34. The zero-order valence-electron chi connectivity index (χ0n) is 12.6. The molecule has 0 aliphatic carbocycles. The summed E-state index contributed by atoms with van der Waals surface area (Å²) in [5.41, 5.74) is 1.87. The molecule has 0 saturated carbocycles. The van der Waals surface area contributed by atoms with Crippen molar-refractivity contribution in [2.24, 2.45) is 0 Å². The number of esters is 1. The van der Waals surface area contributed by atoms with Gasteiger partial charge in [-0.25, -0.2) is 4.79 Å². The average molecular weight is 298 g/mol. The first-order valence-electron chi connectivity index (χ1n) is 7.21. The summed E-state index contributed by atoms with van der Waals surface area (Å²) in [6.45, 7) is 3.96. The summed E-state index contributed by atoms with van der Waals surface area (Å²) in [6.07, 6.45) is -0.668. The Kier molecular flexibility index (Phi) is 3.86. The average Bonchev–Trinajstić information content (AvgIpc) is 2.80.